The van der Waals surface area contributed by atoms with Gasteiger partial charge in [0.05, 0.1) is 0 Å². The number of carbonyl (C=O) groups is 4. The summed E-state index contributed by atoms with van der Waals surface area (Å²) < 4.78 is 0. The summed E-state index contributed by atoms with van der Waals surface area (Å²) in [5, 5.41) is 40.2. The zero-order valence-corrected chi connectivity index (χ0v) is 35.4. The Bertz CT molecular complexity index is 707. The second kappa shape index (κ2) is 56.3. The normalized spacial score (nSPS) is 9.66. The van der Waals surface area contributed by atoms with Crippen LogP contribution in [0.25, 0.3) is 0 Å². The molecule has 0 N–H and O–H groups in total. The van der Waals surface area contributed by atoms with Gasteiger partial charge in [-0.3, -0.25) is 0 Å². The van der Waals surface area contributed by atoms with Crippen molar-refractivity contribution in [2.45, 2.75) is 205 Å². The molecule has 0 aliphatic rings. The second-order valence-electron chi connectivity index (χ2n) is 13.3. The molecule has 0 aliphatic heterocycles. The van der Waals surface area contributed by atoms with Crippen LogP contribution in [0.3, 0.4) is 0 Å². The fraction of sp³-hybridized carbons (Fsp3) is 0.727. The Morgan fingerprint density at radius 2 is 0.415 bits per heavy atom. The molecular formula is C44H76MoO8. The topological polar surface area (TPSA) is 161 Å². The summed E-state index contributed by atoms with van der Waals surface area (Å²) in [6.07, 6.45) is 39.3. The van der Waals surface area contributed by atoms with Gasteiger partial charge in [-0.05, 0) is 103 Å². The smallest absolute Gasteiger partial charge is 0.550 e. The van der Waals surface area contributed by atoms with Gasteiger partial charge in [-0.15, -0.1) is 26.3 Å². The minimum atomic E-state index is -0.924. The summed E-state index contributed by atoms with van der Waals surface area (Å²) in [6.45, 7) is 14.6. The minimum Gasteiger partial charge on any atom is -0.550 e. The monoisotopic (exact) mass is 830 g/mol. The average molecular weight is 829 g/mol. The number of allylic oxidation sites excluding steroid dienone is 4. The molecular weight excluding hydrogens is 752 g/mol. The number of rotatable bonds is 36. The first kappa shape index (κ1) is 59.8. The zero-order valence-electron chi connectivity index (χ0n) is 33.4. The summed E-state index contributed by atoms with van der Waals surface area (Å²) in [7, 11) is 0. The van der Waals surface area contributed by atoms with Gasteiger partial charge in [0.25, 0.3) is 0 Å². The third-order valence-electron chi connectivity index (χ3n) is 8.16. The maximum Gasteiger partial charge on any atom is 4.00 e. The third-order valence-corrected chi connectivity index (χ3v) is 8.16. The van der Waals surface area contributed by atoms with Crippen LogP contribution in [0.1, 0.15) is 205 Å². The molecule has 0 bridgehead atoms. The number of hydrogen-bond acceptors (Lipinski definition) is 8. The second-order valence-corrected chi connectivity index (χ2v) is 13.3. The van der Waals surface area contributed by atoms with Gasteiger partial charge in [0.15, 0.2) is 0 Å². The van der Waals surface area contributed by atoms with Crippen molar-refractivity contribution in [3.63, 3.8) is 0 Å². The summed E-state index contributed by atoms with van der Waals surface area (Å²) >= 11 is 0. The van der Waals surface area contributed by atoms with Gasteiger partial charge in [0.2, 0.25) is 0 Å². The SMILES string of the molecule is C=CCCCCCCCCC(=O)[O-].C=CCCCCCCCCC(=O)[O-].C=CCCCCCCCCC(=O)[O-].C=CCCCCCCCCC(=O)[O-].[Mo+4]. The molecule has 0 amide bonds. The van der Waals surface area contributed by atoms with Crippen LogP contribution >= 0.6 is 0 Å². The van der Waals surface area contributed by atoms with Crippen LogP contribution in [-0.4, -0.2) is 23.9 Å². The molecule has 0 atom stereocenters. The first-order chi connectivity index (χ1) is 25.1. The maximum atomic E-state index is 10.1. The van der Waals surface area contributed by atoms with E-state index in [0.717, 1.165) is 103 Å². The molecule has 0 aromatic carbocycles. The van der Waals surface area contributed by atoms with Crippen molar-refractivity contribution in [2.24, 2.45) is 0 Å². The molecule has 8 nitrogen and oxygen atoms in total. The fourth-order valence-electron chi connectivity index (χ4n) is 5.06. The molecule has 0 rings (SSSR count). The van der Waals surface area contributed by atoms with Crippen molar-refractivity contribution in [2.75, 3.05) is 0 Å². The molecule has 0 heterocycles. The Morgan fingerprint density at radius 1 is 0.283 bits per heavy atom. The summed E-state index contributed by atoms with van der Waals surface area (Å²) in [5.41, 5.74) is 0. The zero-order chi connectivity index (χ0) is 39.8. The number of carbonyl (C=O) groups excluding carboxylic acids is 4. The van der Waals surface area contributed by atoms with Gasteiger partial charge in [0, 0.05) is 23.9 Å². The molecule has 0 unspecified atom stereocenters. The number of hydrogen-bond donors (Lipinski definition) is 0. The van der Waals surface area contributed by atoms with Crippen molar-refractivity contribution in [1.82, 2.24) is 0 Å². The average Bonchev–Trinajstić information content (AvgIpc) is 3.10. The molecule has 306 valence electrons. The molecule has 0 radical (unpaired) electrons. The molecule has 0 saturated carbocycles. The number of aliphatic carboxylic acids is 4. The van der Waals surface area contributed by atoms with E-state index in [4.69, 9.17) is 0 Å². The van der Waals surface area contributed by atoms with E-state index in [1.54, 1.807) is 0 Å². The number of carboxylic acids is 4. The van der Waals surface area contributed by atoms with Crippen LogP contribution in [0.4, 0.5) is 0 Å². The van der Waals surface area contributed by atoms with E-state index in [9.17, 15) is 39.6 Å². The largest absolute Gasteiger partial charge is 4.00 e. The Balaban J connectivity index is -0.000000192. The summed E-state index contributed by atoms with van der Waals surface area (Å²) in [5.74, 6) is -3.70. The first-order valence-electron chi connectivity index (χ1n) is 20.3. The van der Waals surface area contributed by atoms with Gasteiger partial charge >= 0.3 is 21.1 Å². The Hall–Kier alpha value is -2.47. The van der Waals surface area contributed by atoms with Crippen LogP contribution in [0.5, 0.6) is 0 Å². The summed E-state index contributed by atoms with van der Waals surface area (Å²) in [4.78, 5) is 40.2. The molecule has 0 saturated heterocycles. The Labute approximate surface area is 339 Å². The van der Waals surface area contributed by atoms with Gasteiger partial charge in [-0.25, -0.2) is 0 Å². The van der Waals surface area contributed by atoms with Crippen LogP contribution in [0, 0.1) is 0 Å². The third kappa shape index (κ3) is 79.4. The van der Waals surface area contributed by atoms with Crippen LogP contribution in [0.15, 0.2) is 50.6 Å². The fourth-order valence-corrected chi connectivity index (χ4v) is 5.06. The van der Waals surface area contributed by atoms with Gasteiger partial charge in [0.1, 0.15) is 0 Å². The van der Waals surface area contributed by atoms with Crippen LogP contribution < -0.4 is 20.4 Å². The predicted octanol–water partition coefficient (Wildman–Crippen LogP) is 8.17. The van der Waals surface area contributed by atoms with Crippen molar-refractivity contribution in [3.05, 3.63) is 50.6 Å². The maximum absolute atomic E-state index is 10.1. The number of unbranched alkanes of at least 4 members (excludes halogenated alkanes) is 24. The van der Waals surface area contributed by atoms with E-state index >= 15 is 0 Å². The quantitative estimate of drug-likeness (QED) is 0.0347. The number of carboxylic acid groups (broad SMARTS) is 4. The van der Waals surface area contributed by atoms with E-state index < -0.39 is 23.9 Å². The van der Waals surface area contributed by atoms with Crippen molar-refractivity contribution >= 4 is 23.9 Å². The molecule has 0 aliphatic carbocycles. The van der Waals surface area contributed by atoms with E-state index in [2.05, 4.69) is 26.3 Å². The van der Waals surface area contributed by atoms with E-state index in [0.29, 0.717) is 0 Å². The molecule has 0 aromatic rings. The van der Waals surface area contributed by atoms with Gasteiger partial charge < -0.3 is 39.6 Å². The molecule has 0 fully saturated rings. The summed E-state index contributed by atoms with van der Waals surface area (Å²) in [6, 6.07) is 0. The predicted molar refractivity (Wildman–Crippen MR) is 209 cm³/mol. The Kier molecular flexibility index (Phi) is 63.5. The molecule has 0 spiro atoms. The molecule has 0 aromatic heterocycles. The van der Waals surface area contributed by atoms with Crippen LogP contribution in [-0.2, 0) is 40.2 Å². The van der Waals surface area contributed by atoms with Gasteiger partial charge in [-0.2, -0.15) is 0 Å². The first-order valence-corrected chi connectivity index (χ1v) is 20.3. The standard InChI is InChI=1S/4C11H20O2.Mo/c4*1-2-3-4-5-6-7-8-9-10-11(12)13;/h4*2H,1,3-10H2,(H,12,13);/q;;;;+4/p-4. The van der Waals surface area contributed by atoms with Crippen molar-refractivity contribution in [1.29, 1.82) is 0 Å². The van der Waals surface area contributed by atoms with Crippen molar-refractivity contribution in [3.8, 4) is 0 Å². The van der Waals surface area contributed by atoms with E-state index in [1.165, 1.54) is 77.0 Å². The Morgan fingerprint density at radius 3 is 0.547 bits per heavy atom. The van der Waals surface area contributed by atoms with Gasteiger partial charge in [-0.1, -0.05) is 127 Å². The minimum absolute atomic E-state index is 0. The van der Waals surface area contributed by atoms with E-state index in [1.807, 2.05) is 24.3 Å². The van der Waals surface area contributed by atoms with Crippen molar-refractivity contribution < 1.29 is 60.7 Å². The van der Waals surface area contributed by atoms with E-state index in [-0.39, 0.29) is 46.7 Å². The van der Waals surface area contributed by atoms with Crippen LogP contribution in [0.2, 0.25) is 0 Å². The molecule has 53 heavy (non-hydrogen) atoms. The molecule has 9 heteroatoms.